The van der Waals surface area contributed by atoms with Gasteiger partial charge in [0.15, 0.2) is 11.6 Å². The number of esters is 1. The number of methoxy groups -OCH3 is 2. The maximum Gasteiger partial charge on any atom is 0.339 e. The van der Waals surface area contributed by atoms with Crippen molar-refractivity contribution in [3.63, 3.8) is 0 Å². The van der Waals surface area contributed by atoms with E-state index in [4.69, 9.17) is 16.3 Å². The van der Waals surface area contributed by atoms with Gasteiger partial charge in [0.1, 0.15) is 5.02 Å². The minimum absolute atomic E-state index is 0.0763. The van der Waals surface area contributed by atoms with Crippen LogP contribution in [-0.2, 0) is 4.74 Å². The van der Waals surface area contributed by atoms with Crippen LogP contribution in [-0.4, -0.2) is 20.2 Å². The Hall–Kier alpha value is -1.29. The van der Waals surface area contributed by atoms with Crippen LogP contribution in [0, 0.1) is 5.82 Å². The van der Waals surface area contributed by atoms with Crippen LogP contribution in [0.2, 0.25) is 5.02 Å². The van der Waals surface area contributed by atoms with Gasteiger partial charge in [-0.15, -0.1) is 0 Å². The van der Waals surface area contributed by atoms with Crippen LogP contribution >= 0.6 is 11.6 Å². The Labute approximate surface area is 85.4 Å². The van der Waals surface area contributed by atoms with E-state index in [9.17, 15) is 9.18 Å². The summed E-state index contributed by atoms with van der Waals surface area (Å²) in [5, 5.41) is -0.0839. The van der Waals surface area contributed by atoms with Crippen molar-refractivity contribution in [3.05, 3.63) is 28.5 Å². The number of hydrogen-bond donors (Lipinski definition) is 0. The van der Waals surface area contributed by atoms with E-state index in [1.165, 1.54) is 20.3 Å². The number of hydrogen-bond acceptors (Lipinski definition) is 3. The molecule has 0 aliphatic carbocycles. The molecule has 0 aliphatic rings. The molecule has 0 amide bonds. The van der Waals surface area contributed by atoms with Crippen molar-refractivity contribution in [1.82, 2.24) is 0 Å². The lowest BCUT2D eigenvalue weighted by Gasteiger charge is -2.07. The summed E-state index contributed by atoms with van der Waals surface area (Å²) in [7, 11) is 2.49. The number of rotatable bonds is 2. The predicted octanol–water partition coefficient (Wildman–Crippen LogP) is 2.27. The zero-order valence-electron chi connectivity index (χ0n) is 7.64. The normalized spacial score (nSPS) is 9.71. The molecule has 0 saturated carbocycles. The van der Waals surface area contributed by atoms with Gasteiger partial charge in [0.05, 0.1) is 19.8 Å². The average Bonchev–Trinajstić information content (AvgIpc) is 2.18. The van der Waals surface area contributed by atoms with E-state index in [0.29, 0.717) is 0 Å². The van der Waals surface area contributed by atoms with Crippen molar-refractivity contribution < 1.29 is 18.7 Å². The molecule has 0 aliphatic heterocycles. The van der Waals surface area contributed by atoms with Gasteiger partial charge in [-0.1, -0.05) is 11.6 Å². The molecule has 0 spiro atoms. The molecule has 5 heteroatoms. The molecule has 1 aromatic rings. The van der Waals surface area contributed by atoms with Gasteiger partial charge in [-0.25, -0.2) is 9.18 Å². The summed E-state index contributed by atoms with van der Waals surface area (Å²) < 4.78 is 22.2. The zero-order chi connectivity index (χ0) is 10.7. The van der Waals surface area contributed by atoms with E-state index in [1.54, 1.807) is 0 Å². The Balaban J connectivity index is 3.28. The van der Waals surface area contributed by atoms with Gasteiger partial charge in [-0.3, -0.25) is 0 Å². The van der Waals surface area contributed by atoms with Crippen molar-refractivity contribution in [3.8, 4) is 5.75 Å². The van der Waals surface area contributed by atoms with E-state index in [1.807, 2.05) is 0 Å². The molecule has 0 unspecified atom stereocenters. The second-order valence-electron chi connectivity index (χ2n) is 2.43. The topological polar surface area (TPSA) is 35.5 Å². The SMILES string of the molecule is COC(=O)c1ccc(F)c(OC)c1Cl. The first-order valence-corrected chi connectivity index (χ1v) is 4.10. The number of ether oxygens (including phenoxy) is 2. The lowest BCUT2D eigenvalue weighted by molar-refractivity contribution is 0.0600. The molecule has 0 aromatic heterocycles. The highest BCUT2D eigenvalue weighted by atomic mass is 35.5. The highest BCUT2D eigenvalue weighted by Crippen LogP contribution is 2.31. The van der Waals surface area contributed by atoms with E-state index >= 15 is 0 Å². The molecule has 0 saturated heterocycles. The van der Waals surface area contributed by atoms with Gasteiger partial charge in [0.25, 0.3) is 0 Å². The predicted molar refractivity (Wildman–Crippen MR) is 49.3 cm³/mol. The molecular formula is C9H8ClFO3. The van der Waals surface area contributed by atoms with Gasteiger partial charge in [-0.2, -0.15) is 0 Å². The molecule has 0 fully saturated rings. The quantitative estimate of drug-likeness (QED) is 0.715. The first-order valence-electron chi connectivity index (χ1n) is 3.72. The van der Waals surface area contributed by atoms with Crippen LogP contribution in [0.25, 0.3) is 0 Å². The fourth-order valence-electron chi connectivity index (χ4n) is 0.987. The summed E-state index contributed by atoms with van der Waals surface area (Å²) in [6.07, 6.45) is 0. The van der Waals surface area contributed by atoms with Crippen LogP contribution in [0.15, 0.2) is 12.1 Å². The number of carbonyl (C=O) groups is 1. The third kappa shape index (κ3) is 1.80. The first kappa shape index (κ1) is 10.8. The Morgan fingerprint density at radius 3 is 2.57 bits per heavy atom. The minimum Gasteiger partial charge on any atom is -0.492 e. The van der Waals surface area contributed by atoms with Crippen LogP contribution in [0.1, 0.15) is 10.4 Å². The van der Waals surface area contributed by atoms with Crippen LogP contribution in [0.5, 0.6) is 5.75 Å². The summed E-state index contributed by atoms with van der Waals surface area (Å²) in [5.74, 6) is -1.41. The summed E-state index contributed by atoms with van der Waals surface area (Å²) in [5.41, 5.74) is 0.0763. The summed E-state index contributed by atoms with van der Waals surface area (Å²) in [6, 6.07) is 2.34. The largest absolute Gasteiger partial charge is 0.492 e. The van der Waals surface area contributed by atoms with Crippen molar-refractivity contribution in [2.75, 3.05) is 14.2 Å². The van der Waals surface area contributed by atoms with Gasteiger partial charge >= 0.3 is 5.97 Å². The van der Waals surface area contributed by atoms with Gasteiger partial charge in [-0.05, 0) is 12.1 Å². The Bertz CT molecular complexity index is 365. The average molecular weight is 219 g/mol. The molecule has 0 N–H and O–H groups in total. The Morgan fingerprint density at radius 1 is 1.43 bits per heavy atom. The molecule has 76 valence electrons. The van der Waals surface area contributed by atoms with Crippen molar-refractivity contribution in [2.45, 2.75) is 0 Å². The monoisotopic (exact) mass is 218 g/mol. The van der Waals surface area contributed by atoms with Crippen LogP contribution in [0.4, 0.5) is 4.39 Å². The van der Waals surface area contributed by atoms with Crippen molar-refractivity contribution in [2.24, 2.45) is 0 Å². The summed E-state index contributed by atoms with van der Waals surface area (Å²) in [4.78, 5) is 11.1. The standard InChI is InChI=1S/C9H8ClFO3/c1-13-8-6(11)4-3-5(7(8)10)9(12)14-2/h3-4H,1-2H3. The molecule has 0 radical (unpaired) electrons. The van der Waals surface area contributed by atoms with Crippen LogP contribution in [0.3, 0.4) is 0 Å². The highest BCUT2D eigenvalue weighted by molar-refractivity contribution is 6.35. The third-order valence-corrected chi connectivity index (χ3v) is 2.03. The molecule has 0 atom stereocenters. The Kier molecular flexibility index (Phi) is 3.30. The second kappa shape index (κ2) is 4.28. The summed E-state index contributed by atoms with van der Waals surface area (Å²) in [6.45, 7) is 0. The van der Waals surface area contributed by atoms with E-state index in [0.717, 1.165) is 6.07 Å². The van der Waals surface area contributed by atoms with Gasteiger partial charge in [0, 0.05) is 0 Å². The molecule has 0 heterocycles. The highest BCUT2D eigenvalue weighted by Gasteiger charge is 2.17. The lowest BCUT2D eigenvalue weighted by Crippen LogP contribution is -2.03. The van der Waals surface area contributed by atoms with Gasteiger partial charge < -0.3 is 9.47 Å². The first-order chi connectivity index (χ1) is 6.61. The van der Waals surface area contributed by atoms with Gasteiger partial charge in [0.2, 0.25) is 0 Å². The minimum atomic E-state index is -0.631. The molecule has 0 bridgehead atoms. The lowest BCUT2D eigenvalue weighted by atomic mass is 10.2. The molecule has 3 nitrogen and oxygen atoms in total. The number of carbonyl (C=O) groups excluding carboxylic acids is 1. The third-order valence-electron chi connectivity index (χ3n) is 1.66. The maximum atomic E-state index is 13.0. The van der Waals surface area contributed by atoms with Crippen molar-refractivity contribution in [1.29, 1.82) is 0 Å². The molecule has 1 aromatic carbocycles. The smallest absolute Gasteiger partial charge is 0.339 e. The fourth-order valence-corrected chi connectivity index (χ4v) is 1.29. The van der Waals surface area contributed by atoms with E-state index < -0.39 is 11.8 Å². The Morgan fingerprint density at radius 2 is 2.07 bits per heavy atom. The second-order valence-corrected chi connectivity index (χ2v) is 2.81. The molecular weight excluding hydrogens is 211 g/mol. The van der Waals surface area contributed by atoms with Crippen LogP contribution < -0.4 is 4.74 Å². The maximum absolute atomic E-state index is 13.0. The van der Waals surface area contributed by atoms with Crippen molar-refractivity contribution >= 4 is 17.6 Å². The zero-order valence-corrected chi connectivity index (χ0v) is 8.39. The van der Waals surface area contributed by atoms with E-state index in [2.05, 4.69) is 4.74 Å². The number of halogens is 2. The van der Waals surface area contributed by atoms with E-state index in [-0.39, 0.29) is 16.3 Å². The fraction of sp³-hybridized carbons (Fsp3) is 0.222. The molecule has 14 heavy (non-hydrogen) atoms. The number of benzene rings is 1. The summed E-state index contributed by atoms with van der Waals surface area (Å²) >= 11 is 5.72. The molecule has 1 rings (SSSR count).